The average Bonchev–Trinajstić information content (AvgIpc) is 3.19. The first kappa shape index (κ1) is 16.1. The van der Waals surface area contributed by atoms with E-state index in [1.54, 1.807) is 13.1 Å². The summed E-state index contributed by atoms with van der Waals surface area (Å²) < 4.78 is 5.88. The molecule has 0 radical (unpaired) electrons. The van der Waals surface area contributed by atoms with E-state index in [4.69, 9.17) is 4.74 Å². The number of ether oxygens (including phenoxy) is 1. The van der Waals surface area contributed by atoms with Crippen molar-refractivity contribution in [3.63, 3.8) is 0 Å². The Morgan fingerprint density at radius 2 is 2.16 bits per heavy atom. The fourth-order valence-corrected chi connectivity index (χ4v) is 4.48. The zero-order chi connectivity index (χ0) is 17.8. The van der Waals surface area contributed by atoms with Crippen molar-refractivity contribution < 1.29 is 19.4 Å². The molecule has 3 aliphatic rings. The summed E-state index contributed by atoms with van der Waals surface area (Å²) in [5.41, 5.74) is 1.47. The molecule has 1 unspecified atom stereocenters. The Kier molecular flexibility index (Phi) is 3.44. The van der Waals surface area contributed by atoms with E-state index in [1.807, 2.05) is 18.2 Å². The van der Waals surface area contributed by atoms with E-state index in [0.29, 0.717) is 24.9 Å². The maximum Gasteiger partial charge on any atom is 0.312 e. The lowest BCUT2D eigenvalue weighted by Gasteiger charge is -2.42. The molecule has 1 amide bonds. The van der Waals surface area contributed by atoms with E-state index in [9.17, 15) is 14.7 Å². The van der Waals surface area contributed by atoms with Gasteiger partial charge in [0.25, 0.3) is 5.91 Å². The van der Waals surface area contributed by atoms with Crippen LogP contribution in [0.1, 0.15) is 42.6 Å². The number of aliphatic carboxylic acids is 1. The van der Waals surface area contributed by atoms with Crippen molar-refractivity contribution in [2.45, 2.75) is 44.8 Å². The molecular weight excluding hydrogens is 320 g/mol. The van der Waals surface area contributed by atoms with Crippen LogP contribution < -0.4 is 5.32 Å². The molecule has 6 nitrogen and oxygen atoms in total. The number of hydrogen-bond donors (Lipinski definition) is 3. The maximum atomic E-state index is 12.6. The first-order valence-corrected chi connectivity index (χ1v) is 8.69. The van der Waals surface area contributed by atoms with E-state index in [-0.39, 0.29) is 12.0 Å². The van der Waals surface area contributed by atoms with Crippen molar-refractivity contribution in [1.82, 2.24) is 10.3 Å². The number of aromatic nitrogens is 1. The zero-order valence-corrected chi connectivity index (χ0v) is 14.4. The van der Waals surface area contributed by atoms with Gasteiger partial charge in [0.2, 0.25) is 0 Å². The number of H-pyrrole nitrogens is 1. The summed E-state index contributed by atoms with van der Waals surface area (Å²) in [5.74, 6) is -0.965. The van der Waals surface area contributed by atoms with Gasteiger partial charge >= 0.3 is 5.97 Å². The van der Waals surface area contributed by atoms with Gasteiger partial charge < -0.3 is 20.1 Å². The minimum absolute atomic E-state index is 0.162. The van der Waals surface area contributed by atoms with Gasteiger partial charge in [-0.25, -0.2) is 0 Å². The molecule has 1 aliphatic carbocycles. The van der Waals surface area contributed by atoms with Gasteiger partial charge in [0.1, 0.15) is 0 Å². The van der Waals surface area contributed by atoms with E-state index in [0.717, 1.165) is 17.3 Å². The molecule has 25 heavy (non-hydrogen) atoms. The van der Waals surface area contributed by atoms with Crippen LogP contribution in [0.3, 0.4) is 0 Å². The molecule has 1 saturated carbocycles. The van der Waals surface area contributed by atoms with Crippen molar-refractivity contribution in [2.75, 3.05) is 6.54 Å². The number of carboxylic acid groups (broad SMARTS) is 1. The van der Waals surface area contributed by atoms with Gasteiger partial charge in [0, 0.05) is 23.6 Å². The summed E-state index contributed by atoms with van der Waals surface area (Å²) >= 11 is 0. The minimum Gasteiger partial charge on any atom is -0.481 e. The number of carbonyl (C=O) groups is 2. The highest BCUT2D eigenvalue weighted by Gasteiger charge is 2.70. The fraction of sp³-hybridized carbons (Fsp3) is 0.474. The van der Waals surface area contributed by atoms with Crippen molar-refractivity contribution >= 4 is 22.8 Å². The molecule has 1 aromatic carbocycles. The Bertz CT molecular complexity index is 863. The van der Waals surface area contributed by atoms with E-state index < -0.39 is 17.0 Å². The van der Waals surface area contributed by atoms with Crippen molar-refractivity contribution in [3.05, 3.63) is 35.5 Å². The first-order chi connectivity index (χ1) is 11.9. The summed E-state index contributed by atoms with van der Waals surface area (Å²) in [6.07, 6.45) is 3.24. The van der Waals surface area contributed by atoms with Crippen LogP contribution in [0.15, 0.2) is 24.4 Å². The number of aromatic amines is 1. The highest BCUT2D eigenvalue weighted by molar-refractivity contribution is 6.07. The Morgan fingerprint density at radius 3 is 2.80 bits per heavy atom. The number of carbonyl (C=O) groups excluding carboxylic acids is 1. The van der Waals surface area contributed by atoms with Crippen molar-refractivity contribution in [1.29, 1.82) is 0 Å². The lowest BCUT2D eigenvalue weighted by molar-refractivity contribution is -0.154. The summed E-state index contributed by atoms with van der Waals surface area (Å²) in [4.78, 5) is 27.3. The second-order valence-corrected chi connectivity index (χ2v) is 7.34. The summed E-state index contributed by atoms with van der Waals surface area (Å²) in [7, 11) is 0. The molecule has 132 valence electrons. The van der Waals surface area contributed by atoms with Gasteiger partial charge in [-0.3, -0.25) is 9.59 Å². The lowest BCUT2D eigenvalue weighted by Crippen LogP contribution is -2.54. The third-order valence-corrected chi connectivity index (χ3v) is 5.90. The highest BCUT2D eigenvalue weighted by atomic mass is 16.5. The second-order valence-electron chi connectivity index (χ2n) is 7.34. The van der Waals surface area contributed by atoms with Crippen molar-refractivity contribution in [3.8, 4) is 0 Å². The molecule has 3 heterocycles. The Labute approximate surface area is 145 Å². The zero-order valence-electron chi connectivity index (χ0n) is 14.4. The summed E-state index contributed by atoms with van der Waals surface area (Å²) in [5, 5.41) is 13.3. The number of aryl methyl sites for hydroxylation is 1. The Hall–Kier alpha value is -2.34. The van der Waals surface area contributed by atoms with Crippen LogP contribution >= 0.6 is 0 Å². The lowest BCUT2D eigenvalue weighted by atomic mass is 9.60. The van der Waals surface area contributed by atoms with Gasteiger partial charge in [-0.1, -0.05) is 25.1 Å². The minimum atomic E-state index is -0.803. The molecule has 2 bridgehead atoms. The predicted molar refractivity (Wildman–Crippen MR) is 92.6 cm³/mol. The Morgan fingerprint density at radius 1 is 1.40 bits per heavy atom. The standard InChI is InChI=1S/C19H22N2O4/c1-3-12-5-4-6-13-14(7-20-15(12)13)16(22)21-10-18-8-19(9-18,17(23)24)11(2)25-18/h4-7,11,20H,3,8-10H2,1-2H3,(H,21,22)(H,23,24). The third kappa shape index (κ3) is 2.20. The van der Waals surface area contributed by atoms with Crippen LogP contribution in [0.4, 0.5) is 0 Å². The SMILES string of the molecule is CCc1cccc2c(C(=O)NCC34CC(C(=O)O)(C3)C(C)O4)c[nH]c12. The van der Waals surface area contributed by atoms with Gasteiger partial charge in [0.15, 0.2) is 0 Å². The van der Waals surface area contributed by atoms with Gasteiger partial charge in [-0.2, -0.15) is 0 Å². The monoisotopic (exact) mass is 342 g/mol. The van der Waals surface area contributed by atoms with Crippen LogP contribution in [0.2, 0.25) is 0 Å². The topological polar surface area (TPSA) is 91.4 Å². The fourth-order valence-electron chi connectivity index (χ4n) is 4.48. The predicted octanol–water partition coefficient (Wildman–Crippen LogP) is 2.48. The Balaban J connectivity index is 1.49. The van der Waals surface area contributed by atoms with Gasteiger partial charge in [-0.05, 0) is 31.7 Å². The first-order valence-electron chi connectivity index (χ1n) is 8.69. The summed E-state index contributed by atoms with van der Waals surface area (Å²) in [6.45, 7) is 4.22. The van der Waals surface area contributed by atoms with Crippen LogP contribution in [0, 0.1) is 5.41 Å². The van der Waals surface area contributed by atoms with E-state index in [2.05, 4.69) is 17.2 Å². The number of amides is 1. The van der Waals surface area contributed by atoms with E-state index >= 15 is 0 Å². The van der Waals surface area contributed by atoms with Crippen LogP contribution in [-0.4, -0.2) is 40.2 Å². The number of hydrogen-bond acceptors (Lipinski definition) is 3. The quantitative estimate of drug-likeness (QED) is 0.778. The van der Waals surface area contributed by atoms with E-state index in [1.165, 1.54) is 5.56 Å². The van der Waals surface area contributed by atoms with Crippen LogP contribution in [0.25, 0.3) is 10.9 Å². The number of para-hydroxylation sites is 1. The summed E-state index contributed by atoms with van der Waals surface area (Å²) in [6, 6.07) is 5.94. The molecule has 2 aliphatic heterocycles. The number of nitrogens with one attached hydrogen (secondary N) is 2. The highest BCUT2D eigenvalue weighted by Crippen LogP contribution is 2.61. The number of benzene rings is 1. The molecule has 2 saturated heterocycles. The largest absolute Gasteiger partial charge is 0.481 e. The van der Waals surface area contributed by atoms with Gasteiger partial charge in [-0.15, -0.1) is 0 Å². The van der Waals surface area contributed by atoms with Crippen LogP contribution in [-0.2, 0) is 16.0 Å². The van der Waals surface area contributed by atoms with Crippen LogP contribution in [0.5, 0.6) is 0 Å². The second kappa shape index (κ2) is 5.33. The smallest absolute Gasteiger partial charge is 0.312 e. The third-order valence-electron chi connectivity index (χ3n) is 5.90. The van der Waals surface area contributed by atoms with Crippen molar-refractivity contribution in [2.24, 2.45) is 5.41 Å². The molecule has 3 fully saturated rings. The maximum absolute atomic E-state index is 12.6. The molecule has 1 atom stereocenters. The molecule has 2 aromatic rings. The molecule has 3 N–H and O–H groups in total. The molecule has 0 spiro atoms. The number of rotatable bonds is 5. The molecule has 6 heteroatoms. The molecule has 1 aromatic heterocycles. The molecule has 5 rings (SSSR count). The number of fused-ring (bicyclic) bond motifs is 2. The average molecular weight is 342 g/mol. The molecular formula is C19H22N2O4. The normalized spacial score (nSPS) is 30.2. The van der Waals surface area contributed by atoms with Gasteiger partial charge in [0.05, 0.1) is 22.7 Å². The number of carboxylic acids is 1.